The lowest BCUT2D eigenvalue weighted by molar-refractivity contribution is -0.138. The standard InChI is InChI=1S/C30H28ClF2N5O4/c1-17(40)24-13-37(26-6-5-20(9-23(24)26)36-21-10-34-16-35-11-21)14-29(42)38-12-19(32)8-27(38)28(41)7-18(15-39)22-3-2-4-25(31)30(22)33/h2-6,9-11,13,16,18-19,27,36,39H,7-8,12,14-15H2,1H3/t18-,19-,27+/m1/s1. The average Bonchev–Trinajstić information content (AvgIpc) is 3.54. The van der Waals surface area contributed by atoms with Gasteiger partial charge in [-0.2, -0.15) is 0 Å². The van der Waals surface area contributed by atoms with Crippen LogP contribution >= 0.6 is 11.6 Å². The summed E-state index contributed by atoms with van der Waals surface area (Å²) in [5, 5.41) is 13.5. The second-order valence-corrected chi connectivity index (χ2v) is 10.7. The van der Waals surface area contributed by atoms with Gasteiger partial charge < -0.3 is 19.9 Å². The van der Waals surface area contributed by atoms with Crippen molar-refractivity contribution < 1.29 is 28.3 Å². The number of carbonyl (C=O) groups excluding carboxylic acids is 3. The summed E-state index contributed by atoms with van der Waals surface area (Å²) in [5.74, 6) is -2.82. The van der Waals surface area contributed by atoms with Gasteiger partial charge in [0.2, 0.25) is 5.91 Å². The van der Waals surface area contributed by atoms with Crippen molar-refractivity contribution in [1.82, 2.24) is 19.4 Å². The Labute approximate surface area is 245 Å². The summed E-state index contributed by atoms with van der Waals surface area (Å²) in [7, 11) is 0. The molecule has 1 aliphatic heterocycles. The molecule has 2 N–H and O–H groups in total. The predicted octanol–water partition coefficient (Wildman–Crippen LogP) is 4.84. The smallest absolute Gasteiger partial charge is 0.243 e. The molecule has 2 aromatic carbocycles. The summed E-state index contributed by atoms with van der Waals surface area (Å²) < 4.78 is 30.8. The predicted molar refractivity (Wildman–Crippen MR) is 153 cm³/mol. The van der Waals surface area contributed by atoms with E-state index in [0.29, 0.717) is 27.8 Å². The van der Waals surface area contributed by atoms with Crippen molar-refractivity contribution in [1.29, 1.82) is 0 Å². The van der Waals surface area contributed by atoms with Crippen LogP contribution in [0.1, 0.15) is 41.6 Å². The molecule has 4 aromatic rings. The van der Waals surface area contributed by atoms with Crippen molar-refractivity contribution in [2.75, 3.05) is 18.5 Å². The van der Waals surface area contributed by atoms with Gasteiger partial charge in [-0.15, -0.1) is 0 Å². The molecule has 12 heteroatoms. The Bertz CT molecular complexity index is 1650. The first-order valence-electron chi connectivity index (χ1n) is 13.3. The fraction of sp³-hybridized carbons (Fsp3) is 0.300. The van der Waals surface area contributed by atoms with Crippen LogP contribution in [0.5, 0.6) is 0 Å². The number of rotatable bonds is 10. The zero-order valence-electron chi connectivity index (χ0n) is 22.6. The third-order valence-corrected chi connectivity index (χ3v) is 7.74. The normalized spacial score (nSPS) is 17.4. The van der Waals surface area contributed by atoms with Gasteiger partial charge in [0.25, 0.3) is 0 Å². The minimum atomic E-state index is -1.41. The van der Waals surface area contributed by atoms with Gasteiger partial charge in [-0.25, -0.2) is 18.7 Å². The summed E-state index contributed by atoms with van der Waals surface area (Å²) in [5.41, 5.74) is 2.43. The molecule has 42 heavy (non-hydrogen) atoms. The number of Topliss-reactive ketones (excluding diaryl/α,β-unsaturated/α-hetero) is 2. The zero-order valence-corrected chi connectivity index (χ0v) is 23.4. The number of ketones is 2. The molecule has 218 valence electrons. The number of hydrogen-bond donors (Lipinski definition) is 2. The van der Waals surface area contributed by atoms with Gasteiger partial charge in [-0.05, 0) is 36.8 Å². The summed E-state index contributed by atoms with van der Waals surface area (Å²) >= 11 is 5.87. The molecule has 1 aliphatic rings. The molecular formula is C30H28ClF2N5O4. The highest BCUT2D eigenvalue weighted by Crippen LogP contribution is 2.31. The molecule has 9 nitrogen and oxygen atoms in total. The molecule has 0 saturated carbocycles. The van der Waals surface area contributed by atoms with Crippen LogP contribution in [0.3, 0.4) is 0 Å². The van der Waals surface area contributed by atoms with Crippen LogP contribution in [0.2, 0.25) is 5.02 Å². The number of fused-ring (bicyclic) bond motifs is 1. The molecule has 2 aromatic heterocycles. The average molecular weight is 596 g/mol. The minimum Gasteiger partial charge on any atom is -0.396 e. The number of aliphatic hydroxyl groups excluding tert-OH is 1. The number of nitrogens with zero attached hydrogens (tertiary/aromatic N) is 4. The van der Waals surface area contributed by atoms with Crippen LogP contribution in [0.4, 0.5) is 20.2 Å². The van der Waals surface area contributed by atoms with E-state index >= 15 is 0 Å². The lowest BCUT2D eigenvalue weighted by Crippen LogP contribution is -2.42. The highest BCUT2D eigenvalue weighted by molar-refractivity contribution is 6.30. The Morgan fingerprint density at radius 3 is 2.64 bits per heavy atom. The SMILES string of the molecule is CC(=O)c1cn(CC(=O)N2C[C@H](F)C[C@H]2C(=O)C[C@H](CO)c2cccc(Cl)c2F)c2ccc(Nc3cncnc3)cc12. The Kier molecular flexibility index (Phi) is 8.60. The van der Waals surface area contributed by atoms with E-state index in [0.717, 1.165) is 0 Å². The summed E-state index contributed by atoms with van der Waals surface area (Å²) in [6.07, 6.45) is 4.29. The van der Waals surface area contributed by atoms with E-state index in [1.54, 1.807) is 41.4 Å². The fourth-order valence-electron chi connectivity index (χ4n) is 5.41. The maximum absolute atomic E-state index is 14.6. The number of hydrogen-bond acceptors (Lipinski definition) is 7. The first-order chi connectivity index (χ1) is 20.2. The van der Waals surface area contributed by atoms with Crippen molar-refractivity contribution in [3.63, 3.8) is 0 Å². The van der Waals surface area contributed by atoms with Crippen molar-refractivity contribution in [2.45, 2.75) is 44.4 Å². The van der Waals surface area contributed by atoms with E-state index in [2.05, 4.69) is 15.3 Å². The maximum atomic E-state index is 14.6. The van der Waals surface area contributed by atoms with E-state index in [4.69, 9.17) is 11.6 Å². The van der Waals surface area contributed by atoms with Gasteiger partial charge >= 0.3 is 0 Å². The Morgan fingerprint density at radius 2 is 1.93 bits per heavy atom. The second kappa shape index (κ2) is 12.3. The van der Waals surface area contributed by atoms with E-state index in [1.165, 1.54) is 36.4 Å². The monoisotopic (exact) mass is 595 g/mol. The third-order valence-electron chi connectivity index (χ3n) is 7.45. The summed E-state index contributed by atoms with van der Waals surface area (Å²) in [6, 6.07) is 8.57. The summed E-state index contributed by atoms with van der Waals surface area (Å²) in [4.78, 5) is 48.4. The molecule has 1 fully saturated rings. The molecule has 1 saturated heterocycles. The first-order valence-corrected chi connectivity index (χ1v) is 13.7. The quantitative estimate of drug-likeness (QED) is 0.252. The molecule has 0 radical (unpaired) electrons. The molecule has 3 atom stereocenters. The van der Waals surface area contributed by atoms with Crippen LogP contribution in [0.15, 0.2) is 61.3 Å². The van der Waals surface area contributed by atoms with Gasteiger partial charge in [-0.3, -0.25) is 14.4 Å². The van der Waals surface area contributed by atoms with E-state index in [-0.39, 0.29) is 42.3 Å². The number of likely N-dealkylation sites (tertiary alicyclic amines) is 1. The lowest BCUT2D eigenvalue weighted by atomic mass is 9.91. The zero-order chi connectivity index (χ0) is 30.0. The van der Waals surface area contributed by atoms with Gasteiger partial charge in [0.1, 0.15) is 24.9 Å². The van der Waals surface area contributed by atoms with Gasteiger partial charge in [0.15, 0.2) is 11.6 Å². The van der Waals surface area contributed by atoms with E-state index in [1.807, 2.05) is 0 Å². The van der Waals surface area contributed by atoms with E-state index < -0.39 is 42.2 Å². The first kappa shape index (κ1) is 29.3. The number of alkyl halides is 1. The number of anilines is 2. The number of nitrogens with one attached hydrogen (secondary N) is 1. The molecule has 0 aliphatic carbocycles. The molecule has 0 bridgehead atoms. The minimum absolute atomic E-state index is 0.0789. The van der Waals surface area contributed by atoms with Crippen molar-refractivity contribution in [3.8, 4) is 0 Å². The molecule has 5 rings (SSSR count). The lowest BCUT2D eigenvalue weighted by Gasteiger charge is -2.25. The number of halogens is 3. The molecule has 0 spiro atoms. The topological polar surface area (TPSA) is 117 Å². The van der Waals surface area contributed by atoms with Crippen molar-refractivity contribution in [2.24, 2.45) is 0 Å². The number of aromatic nitrogens is 3. The second-order valence-electron chi connectivity index (χ2n) is 10.3. The molecule has 3 heterocycles. The number of amides is 1. The fourth-order valence-corrected chi connectivity index (χ4v) is 5.59. The van der Waals surface area contributed by atoms with E-state index in [9.17, 15) is 28.3 Å². The van der Waals surface area contributed by atoms with Gasteiger partial charge in [0, 0.05) is 47.1 Å². The Morgan fingerprint density at radius 1 is 1.17 bits per heavy atom. The van der Waals surface area contributed by atoms with Crippen LogP contribution in [0.25, 0.3) is 10.9 Å². The van der Waals surface area contributed by atoms with Gasteiger partial charge in [-0.1, -0.05) is 23.7 Å². The van der Waals surface area contributed by atoms with Gasteiger partial charge in [0.05, 0.1) is 42.3 Å². The van der Waals surface area contributed by atoms with Crippen LogP contribution in [-0.2, 0) is 16.1 Å². The number of benzene rings is 2. The Hall–Kier alpha value is -4.22. The number of carbonyl (C=O) groups is 3. The van der Waals surface area contributed by atoms with Crippen molar-refractivity contribution >= 4 is 51.4 Å². The molecular weight excluding hydrogens is 568 g/mol. The Balaban J connectivity index is 1.36. The summed E-state index contributed by atoms with van der Waals surface area (Å²) in [6.45, 7) is 0.401. The third kappa shape index (κ3) is 6.02. The molecule has 1 amide bonds. The highest BCUT2D eigenvalue weighted by Gasteiger charge is 2.40. The highest BCUT2D eigenvalue weighted by atomic mass is 35.5. The van der Waals surface area contributed by atoms with Crippen molar-refractivity contribution in [3.05, 3.63) is 83.3 Å². The van der Waals surface area contributed by atoms with Crippen LogP contribution < -0.4 is 5.32 Å². The largest absolute Gasteiger partial charge is 0.396 e. The molecule has 0 unspecified atom stereocenters. The number of aliphatic hydroxyl groups is 1. The maximum Gasteiger partial charge on any atom is 0.243 e. The van der Waals surface area contributed by atoms with Crippen LogP contribution in [0, 0.1) is 5.82 Å². The van der Waals surface area contributed by atoms with Crippen LogP contribution in [-0.4, -0.2) is 67.4 Å².